The van der Waals surface area contributed by atoms with Gasteiger partial charge in [0.1, 0.15) is 5.52 Å². The average molecular weight is 278 g/mol. The summed E-state index contributed by atoms with van der Waals surface area (Å²) in [6.45, 7) is 3.77. The number of aromatic amines is 1. The molecule has 19 heavy (non-hydrogen) atoms. The maximum Gasteiger partial charge on any atom is 0.226 e. The van der Waals surface area contributed by atoms with Crippen LogP contribution in [0.5, 0.6) is 0 Å². The van der Waals surface area contributed by atoms with Gasteiger partial charge < -0.3 is 15.6 Å². The Kier molecular flexibility index (Phi) is 3.72. The number of thioether (sulfide) groups is 1. The molecular formula is C12H18N6S. The Bertz CT molecular complexity index is 548. The van der Waals surface area contributed by atoms with Crippen LogP contribution in [0.3, 0.4) is 0 Å². The highest BCUT2D eigenvalue weighted by Gasteiger charge is 2.16. The number of hydrogen-bond acceptors (Lipinski definition) is 6. The highest BCUT2D eigenvalue weighted by Crippen LogP contribution is 2.27. The summed E-state index contributed by atoms with van der Waals surface area (Å²) < 4.78 is 0. The number of rotatable bonds is 5. The molecule has 1 atom stereocenters. The fraction of sp³-hybridized carbons (Fsp3) is 0.583. The van der Waals surface area contributed by atoms with Gasteiger partial charge in [0.05, 0.1) is 6.33 Å². The topological polar surface area (TPSA) is 78.5 Å². The second-order valence-corrected chi connectivity index (χ2v) is 5.95. The third-order valence-corrected chi connectivity index (χ3v) is 4.54. The van der Waals surface area contributed by atoms with Crippen LogP contribution in [0.25, 0.3) is 11.2 Å². The summed E-state index contributed by atoms with van der Waals surface area (Å²) in [6.07, 6.45) is 4.27. The van der Waals surface area contributed by atoms with Crippen LogP contribution in [0.4, 0.5) is 11.8 Å². The van der Waals surface area contributed by atoms with E-state index in [-0.39, 0.29) is 0 Å². The molecule has 3 rings (SSSR count). The monoisotopic (exact) mass is 278 g/mol. The molecule has 0 spiro atoms. The second-order valence-electron chi connectivity index (χ2n) is 4.54. The molecule has 0 bridgehead atoms. The lowest BCUT2D eigenvalue weighted by Crippen LogP contribution is -2.15. The first-order valence-electron chi connectivity index (χ1n) is 6.67. The van der Waals surface area contributed by atoms with Gasteiger partial charge in [-0.15, -0.1) is 0 Å². The van der Waals surface area contributed by atoms with Gasteiger partial charge in [0, 0.05) is 18.3 Å². The number of aromatic nitrogens is 4. The van der Waals surface area contributed by atoms with E-state index in [0.717, 1.165) is 24.4 Å². The Morgan fingerprint density at radius 3 is 3.16 bits per heavy atom. The van der Waals surface area contributed by atoms with E-state index in [2.05, 4.69) is 30.6 Å². The smallest absolute Gasteiger partial charge is 0.226 e. The van der Waals surface area contributed by atoms with Crippen LogP contribution in [0.15, 0.2) is 6.33 Å². The van der Waals surface area contributed by atoms with Crippen LogP contribution in [0.1, 0.15) is 19.8 Å². The molecule has 3 heterocycles. The van der Waals surface area contributed by atoms with Crippen molar-refractivity contribution in [2.45, 2.75) is 25.0 Å². The van der Waals surface area contributed by atoms with Gasteiger partial charge in [-0.3, -0.25) is 0 Å². The van der Waals surface area contributed by atoms with E-state index in [0.29, 0.717) is 16.8 Å². The summed E-state index contributed by atoms with van der Waals surface area (Å²) >= 11 is 2.04. The first-order chi connectivity index (χ1) is 9.36. The van der Waals surface area contributed by atoms with Crippen molar-refractivity contribution < 1.29 is 0 Å². The maximum atomic E-state index is 4.51. The van der Waals surface area contributed by atoms with E-state index >= 15 is 0 Å². The highest BCUT2D eigenvalue weighted by atomic mass is 32.2. The second kappa shape index (κ2) is 5.64. The molecule has 6 nitrogen and oxygen atoms in total. The number of fused-ring (bicyclic) bond motifs is 1. The lowest BCUT2D eigenvalue weighted by atomic mass is 10.2. The molecule has 1 aliphatic rings. The standard InChI is InChI=1S/C12H18N6S/c1-2-13-12-17-10(9-11(18-12)16-7-15-9)14-6-8-4-3-5-19-8/h7-8H,2-6H2,1H3,(H3,13,14,15,16,17,18). The van der Waals surface area contributed by atoms with Crippen LogP contribution in [-0.4, -0.2) is 44.0 Å². The van der Waals surface area contributed by atoms with Gasteiger partial charge in [-0.25, -0.2) is 4.98 Å². The normalized spacial score (nSPS) is 18.9. The molecule has 0 aromatic carbocycles. The summed E-state index contributed by atoms with van der Waals surface area (Å²) in [5.41, 5.74) is 1.58. The minimum absolute atomic E-state index is 0.628. The zero-order valence-corrected chi connectivity index (χ0v) is 11.8. The number of imidazole rings is 1. The van der Waals surface area contributed by atoms with Gasteiger partial charge in [-0.2, -0.15) is 21.7 Å². The summed E-state index contributed by atoms with van der Waals surface area (Å²) in [5, 5.41) is 7.26. The van der Waals surface area contributed by atoms with Gasteiger partial charge >= 0.3 is 0 Å². The van der Waals surface area contributed by atoms with Crippen molar-refractivity contribution in [3.8, 4) is 0 Å². The van der Waals surface area contributed by atoms with E-state index in [1.807, 2.05) is 18.7 Å². The van der Waals surface area contributed by atoms with Gasteiger partial charge in [0.2, 0.25) is 5.95 Å². The quantitative estimate of drug-likeness (QED) is 0.777. The summed E-state index contributed by atoms with van der Waals surface area (Å²) in [6, 6.07) is 0. The molecule has 2 aromatic rings. The van der Waals surface area contributed by atoms with E-state index in [4.69, 9.17) is 0 Å². The van der Waals surface area contributed by atoms with E-state index in [9.17, 15) is 0 Å². The van der Waals surface area contributed by atoms with Gasteiger partial charge in [0.15, 0.2) is 11.5 Å². The average Bonchev–Trinajstić information content (AvgIpc) is 3.07. The van der Waals surface area contributed by atoms with Crippen molar-refractivity contribution in [1.29, 1.82) is 0 Å². The first kappa shape index (κ1) is 12.5. The predicted molar refractivity (Wildman–Crippen MR) is 79.8 cm³/mol. The SMILES string of the molecule is CCNc1nc(NCC2CCCS2)c2[nH]cnc2n1. The number of nitrogens with one attached hydrogen (secondary N) is 3. The molecular weight excluding hydrogens is 260 g/mol. The van der Waals surface area contributed by atoms with Crippen LogP contribution >= 0.6 is 11.8 Å². The molecule has 7 heteroatoms. The minimum Gasteiger partial charge on any atom is -0.367 e. The predicted octanol–water partition coefficient (Wildman–Crippen LogP) is 2.09. The molecule has 102 valence electrons. The van der Waals surface area contributed by atoms with Crippen molar-refractivity contribution in [2.24, 2.45) is 0 Å². The summed E-state index contributed by atoms with van der Waals surface area (Å²) in [5.74, 6) is 2.74. The van der Waals surface area contributed by atoms with E-state index in [1.165, 1.54) is 18.6 Å². The van der Waals surface area contributed by atoms with E-state index < -0.39 is 0 Å². The molecule has 1 unspecified atom stereocenters. The molecule has 0 amide bonds. The maximum absolute atomic E-state index is 4.51. The number of anilines is 2. The largest absolute Gasteiger partial charge is 0.367 e. The van der Waals surface area contributed by atoms with Crippen molar-refractivity contribution in [3.05, 3.63) is 6.33 Å². The zero-order valence-electron chi connectivity index (χ0n) is 10.9. The molecule has 1 aliphatic heterocycles. The van der Waals surface area contributed by atoms with Crippen LogP contribution in [0, 0.1) is 0 Å². The van der Waals surface area contributed by atoms with Crippen molar-refractivity contribution in [3.63, 3.8) is 0 Å². The molecule has 3 N–H and O–H groups in total. The Hall–Kier alpha value is -1.50. The number of nitrogens with zero attached hydrogens (tertiary/aromatic N) is 3. The van der Waals surface area contributed by atoms with Crippen LogP contribution in [0.2, 0.25) is 0 Å². The van der Waals surface area contributed by atoms with Crippen LogP contribution in [-0.2, 0) is 0 Å². The lowest BCUT2D eigenvalue weighted by molar-refractivity contribution is 0.804. The molecule has 1 saturated heterocycles. The molecule has 0 saturated carbocycles. The van der Waals surface area contributed by atoms with Crippen molar-refractivity contribution >= 4 is 34.7 Å². The zero-order chi connectivity index (χ0) is 13.1. The molecule has 0 radical (unpaired) electrons. The number of hydrogen-bond donors (Lipinski definition) is 3. The fourth-order valence-electron chi connectivity index (χ4n) is 2.21. The molecule has 2 aromatic heterocycles. The Balaban J connectivity index is 1.80. The minimum atomic E-state index is 0.628. The van der Waals surface area contributed by atoms with Gasteiger partial charge in [-0.05, 0) is 25.5 Å². The Labute approximate surface area is 116 Å². The molecule has 0 aliphatic carbocycles. The highest BCUT2D eigenvalue weighted by molar-refractivity contribution is 8.00. The Morgan fingerprint density at radius 1 is 1.42 bits per heavy atom. The van der Waals surface area contributed by atoms with E-state index in [1.54, 1.807) is 6.33 Å². The third kappa shape index (κ3) is 2.75. The summed E-state index contributed by atoms with van der Waals surface area (Å²) in [7, 11) is 0. The fourth-order valence-corrected chi connectivity index (χ4v) is 3.42. The van der Waals surface area contributed by atoms with Crippen molar-refractivity contribution in [1.82, 2.24) is 19.9 Å². The van der Waals surface area contributed by atoms with Gasteiger partial charge in [0.25, 0.3) is 0 Å². The third-order valence-electron chi connectivity index (χ3n) is 3.14. The summed E-state index contributed by atoms with van der Waals surface area (Å²) in [4.78, 5) is 16.2. The Morgan fingerprint density at radius 2 is 2.37 bits per heavy atom. The lowest BCUT2D eigenvalue weighted by Gasteiger charge is -2.12. The first-order valence-corrected chi connectivity index (χ1v) is 7.72. The van der Waals surface area contributed by atoms with Crippen LogP contribution < -0.4 is 10.6 Å². The molecule has 1 fully saturated rings. The van der Waals surface area contributed by atoms with Crippen molar-refractivity contribution in [2.75, 3.05) is 29.5 Å². The van der Waals surface area contributed by atoms with Gasteiger partial charge in [-0.1, -0.05) is 0 Å². The number of H-pyrrole nitrogens is 1.